The van der Waals surface area contributed by atoms with Gasteiger partial charge in [0.15, 0.2) is 0 Å². The van der Waals surface area contributed by atoms with Gasteiger partial charge in [-0.05, 0) is 50.3 Å². The number of halogens is 2. The van der Waals surface area contributed by atoms with E-state index in [-0.39, 0.29) is 6.04 Å². The van der Waals surface area contributed by atoms with Crippen molar-refractivity contribution in [2.75, 3.05) is 13.7 Å². The predicted octanol–water partition coefficient (Wildman–Crippen LogP) is 4.70. The molecule has 2 rings (SSSR count). The minimum atomic E-state index is 0.244. The maximum Gasteiger partial charge on any atom is 0.139 e. The van der Waals surface area contributed by atoms with E-state index in [0.717, 1.165) is 16.5 Å². The molecule has 2 unspecified atom stereocenters. The van der Waals surface area contributed by atoms with Crippen LogP contribution in [-0.2, 0) is 0 Å². The van der Waals surface area contributed by atoms with Gasteiger partial charge in [-0.1, -0.05) is 30.1 Å². The van der Waals surface area contributed by atoms with E-state index in [1.54, 1.807) is 0 Å². The van der Waals surface area contributed by atoms with Crippen LogP contribution in [0.5, 0.6) is 5.75 Å². The number of ether oxygens (including phenoxy) is 1. The predicted molar refractivity (Wildman–Crippen MR) is 81.3 cm³/mol. The molecule has 2 nitrogen and oxygen atoms in total. The summed E-state index contributed by atoms with van der Waals surface area (Å²) in [6.45, 7) is 4.80. The second kappa shape index (κ2) is 6.34. The van der Waals surface area contributed by atoms with Crippen LogP contribution in [0.3, 0.4) is 0 Å². The Bertz CT molecular complexity index is 446. The van der Waals surface area contributed by atoms with Crippen LogP contribution in [0.4, 0.5) is 0 Å². The number of nitrogens with one attached hydrogen (secondary N) is 1. The van der Waals surface area contributed by atoms with Crippen LogP contribution >= 0.6 is 23.2 Å². The summed E-state index contributed by atoms with van der Waals surface area (Å²) < 4.78 is 5.47. The molecule has 0 bridgehead atoms. The molecule has 0 heterocycles. The summed E-state index contributed by atoms with van der Waals surface area (Å²) >= 11 is 12.7. The highest BCUT2D eigenvalue weighted by Crippen LogP contribution is 2.45. The van der Waals surface area contributed by atoms with Gasteiger partial charge in [0.1, 0.15) is 5.75 Å². The SMILES string of the molecule is CCOc1cc(Cl)c(C(NC)C(C)C2CC2)cc1Cl. The van der Waals surface area contributed by atoms with Crippen LogP contribution < -0.4 is 10.1 Å². The average Bonchev–Trinajstić information content (AvgIpc) is 3.20. The maximum absolute atomic E-state index is 6.40. The standard InChI is InChI=1S/C15H21Cl2NO/c1-4-19-14-8-12(16)11(7-13(14)17)15(18-3)9(2)10-5-6-10/h7-10,15,18H,4-6H2,1-3H3. The van der Waals surface area contributed by atoms with Crippen LogP contribution in [-0.4, -0.2) is 13.7 Å². The second-order valence-corrected chi connectivity index (χ2v) is 6.01. The van der Waals surface area contributed by atoms with Gasteiger partial charge in [0.25, 0.3) is 0 Å². The Morgan fingerprint density at radius 2 is 2.00 bits per heavy atom. The van der Waals surface area contributed by atoms with E-state index in [4.69, 9.17) is 27.9 Å². The van der Waals surface area contributed by atoms with Gasteiger partial charge in [-0.2, -0.15) is 0 Å². The van der Waals surface area contributed by atoms with Crippen LogP contribution in [0.15, 0.2) is 12.1 Å². The van der Waals surface area contributed by atoms with Crippen molar-refractivity contribution in [3.05, 3.63) is 27.7 Å². The lowest BCUT2D eigenvalue weighted by atomic mass is 9.90. The third-order valence-corrected chi connectivity index (χ3v) is 4.51. The van der Waals surface area contributed by atoms with Gasteiger partial charge in [0.2, 0.25) is 0 Å². The van der Waals surface area contributed by atoms with Gasteiger partial charge in [-0.25, -0.2) is 0 Å². The molecule has 0 aliphatic heterocycles. The summed E-state index contributed by atoms with van der Waals surface area (Å²) in [6.07, 6.45) is 2.64. The zero-order valence-electron chi connectivity index (χ0n) is 11.7. The Kier molecular flexibility index (Phi) is 4.99. The van der Waals surface area contributed by atoms with E-state index in [0.29, 0.717) is 23.3 Å². The van der Waals surface area contributed by atoms with Crippen molar-refractivity contribution in [3.63, 3.8) is 0 Å². The molecule has 0 aromatic heterocycles. The highest BCUT2D eigenvalue weighted by atomic mass is 35.5. The summed E-state index contributed by atoms with van der Waals surface area (Å²) in [4.78, 5) is 0. The molecule has 0 spiro atoms. The van der Waals surface area contributed by atoms with Crippen LogP contribution in [0.2, 0.25) is 10.0 Å². The molecule has 1 aromatic rings. The van der Waals surface area contributed by atoms with Crippen LogP contribution in [0.1, 0.15) is 38.3 Å². The molecular formula is C15H21Cl2NO. The van der Waals surface area contributed by atoms with Crippen molar-refractivity contribution < 1.29 is 4.74 Å². The summed E-state index contributed by atoms with van der Waals surface area (Å²) in [5, 5.41) is 4.73. The highest BCUT2D eigenvalue weighted by Gasteiger charge is 2.34. The molecule has 106 valence electrons. The molecular weight excluding hydrogens is 281 g/mol. The van der Waals surface area contributed by atoms with E-state index in [9.17, 15) is 0 Å². The number of benzene rings is 1. The molecule has 1 aromatic carbocycles. The van der Waals surface area contributed by atoms with Crippen molar-refractivity contribution in [3.8, 4) is 5.75 Å². The normalized spacial score (nSPS) is 18.2. The lowest BCUT2D eigenvalue weighted by Gasteiger charge is -2.25. The molecule has 1 saturated carbocycles. The van der Waals surface area contributed by atoms with Crippen molar-refractivity contribution >= 4 is 23.2 Å². The topological polar surface area (TPSA) is 21.3 Å². The molecule has 0 saturated heterocycles. The first-order valence-corrected chi connectivity index (χ1v) is 7.63. The van der Waals surface area contributed by atoms with Gasteiger partial charge in [0.05, 0.1) is 11.6 Å². The molecule has 1 aliphatic rings. The fourth-order valence-electron chi connectivity index (χ4n) is 2.64. The molecule has 1 fully saturated rings. The van der Waals surface area contributed by atoms with E-state index in [2.05, 4.69) is 12.2 Å². The van der Waals surface area contributed by atoms with Gasteiger partial charge >= 0.3 is 0 Å². The number of hydrogen-bond acceptors (Lipinski definition) is 2. The molecule has 1 aliphatic carbocycles. The van der Waals surface area contributed by atoms with Crippen molar-refractivity contribution in [1.82, 2.24) is 5.32 Å². The summed E-state index contributed by atoms with van der Waals surface area (Å²) in [7, 11) is 1.98. The van der Waals surface area contributed by atoms with E-state index >= 15 is 0 Å². The Hall–Kier alpha value is -0.440. The Labute approximate surface area is 125 Å². The first-order chi connectivity index (χ1) is 9.08. The monoisotopic (exact) mass is 301 g/mol. The molecule has 2 atom stereocenters. The lowest BCUT2D eigenvalue weighted by molar-refractivity contribution is 0.339. The molecule has 0 amide bonds. The minimum Gasteiger partial charge on any atom is -0.492 e. The first kappa shape index (κ1) is 15.0. The molecule has 19 heavy (non-hydrogen) atoms. The zero-order valence-corrected chi connectivity index (χ0v) is 13.2. The highest BCUT2D eigenvalue weighted by molar-refractivity contribution is 6.34. The second-order valence-electron chi connectivity index (χ2n) is 5.20. The van der Waals surface area contributed by atoms with E-state index < -0.39 is 0 Å². The molecule has 1 N–H and O–H groups in total. The molecule has 0 radical (unpaired) electrons. The molecule has 4 heteroatoms. The third kappa shape index (κ3) is 3.36. The zero-order chi connectivity index (χ0) is 14.0. The van der Waals surface area contributed by atoms with Crippen molar-refractivity contribution in [1.29, 1.82) is 0 Å². The average molecular weight is 302 g/mol. The van der Waals surface area contributed by atoms with E-state index in [1.807, 2.05) is 26.1 Å². The number of rotatable bonds is 6. The van der Waals surface area contributed by atoms with Gasteiger partial charge in [0, 0.05) is 17.1 Å². The summed E-state index contributed by atoms with van der Waals surface area (Å²) in [5.41, 5.74) is 1.07. The lowest BCUT2D eigenvalue weighted by Crippen LogP contribution is -2.25. The van der Waals surface area contributed by atoms with Crippen molar-refractivity contribution in [2.24, 2.45) is 11.8 Å². The smallest absolute Gasteiger partial charge is 0.139 e. The van der Waals surface area contributed by atoms with E-state index in [1.165, 1.54) is 12.8 Å². The Balaban J connectivity index is 2.29. The van der Waals surface area contributed by atoms with Gasteiger partial charge in [-0.3, -0.25) is 0 Å². The fraction of sp³-hybridized carbons (Fsp3) is 0.600. The quantitative estimate of drug-likeness (QED) is 0.822. The van der Waals surface area contributed by atoms with Crippen LogP contribution in [0, 0.1) is 11.8 Å². The van der Waals surface area contributed by atoms with Gasteiger partial charge in [-0.15, -0.1) is 0 Å². The largest absolute Gasteiger partial charge is 0.492 e. The minimum absolute atomic E-state index is 0.244. The van der Waals surface area contributed by atoms with Gasteiger partial charge < -0.3 is 10.1 Å². The van der Waals surface area contributed by atoms with Crippen molar-refractivity contribution in [2.45, 2.75) is 32.7 Å². The van der Waals surface area contributed by atoms with Crippen LogP contribution in [0.25, 0.3) is 0 Å². The Morgan fingerprint density at radius 3 is 2.53 bits per heavy atom. The maximum atomic E-state index is 6.40. The summed E-state index contributed by atoms with van der Waals surface area (Å²) in [6, 6.07) is 4.01. The number of hydrogen-bond donors (Lipinski definition) is 1. The fourth-order valence-corrected chi connectivity index (χ4v) is 3.14. The third-order valence-electron chi connectivity index (χ3n) is 3.89. The first-order valence-electron chi connectivity index (χ1n) is 6.87. The summed E-state index contributed by atoms with van der Waals surface area (Å²) in [5.74, 6) is 2.03. The Morgan fingerprint density at radius 1 is 1.32 bits per heavy atom.